The van der Waals surface area contributed by atoms with Crippen molar-refractivity contribution in [2.24, 2.45) is 0 Å². The zero-order chi connectivity index (χ0) is 11.1. The number of carbonyl (C=O) groups is 1. The molecule has 0 spiro atoms. The van der Waals surface area contributed by atoms with Gasteiger partial charge in [0, 0.05) is 0 Å². The molecule has 0 saturated heterocycles. The van der Waals surface area contributed by atoms with Gasteiger partial charge < -0.3 is 4.74 Å². The van der Waals surface area contributed by atoms with Crippen molar-refractivity contribution < 1.29 is 13.9 Å². The molecule has 0 fully saturated rings. The van der Waals surface area contributed by atoms with E-state index in [1.54, 1.807) is 12.1 Å². The molecule has 0 N–H and O–H groups in total. The lowest BCUT2D eigenvalue weighted by atomic mass is 10.1. The van der Waals surface area contributed by atoms with Gasteiger partial charge in [-0.3, -0.25) is 4.39 Å². The molecule has 0 atom stereocenters. The van der Waals surface area contributed by atoms with Gasteiger partial charge in [-0.05, 0) is 37.0 Å². The second kappa shape index (κ2) is 6.17. The molecule has 1 aromatic rings. The number of esters is 1. The van der Waals surface area contributed by atoms with E-state index in [0.717, 1.165) is 18.4 Å². The molecule has 0 heterocycles. The molecule has 0 bridgehead atoms. The number of ether oxygens (including phenoxy) is 1. The molecule has 0 amide bonds. The third kappa shape index (κ3) is 3.70. The second-order valence-corrected chi connectivity index (χ2v) is 3.33. The fourth-order valence-corrected chi connectivity index (χ4v) is 1.35. The normalized spacial score (nSPS) is 10.0. The highest BCUT2D eigenvalue weighted by atomic mass is 19.1. The minimum absolute atomic E-state index is 0.264. The summed E-state index contributed by atoms with van der Waals surface area (Å²) in [5.41, 5.74) is 1.67. The van der Waals surface area contributed by atoms with Gasteiger partial charge in [0.15, 0.2) is 0 Å². The Morgan fingerprint density at radius 3 is 2.47 bits per heavy atom. The Kier molecular flexibility index (Phi) is 4.81. The van der Waals surface area contributed by atoms with E-state index in [4.69, 9.17) is 0 Å². The molecule has 0 aromatic heterocycles. The van der Waals surface area contributed by atoms with E-state index in [-0.39, 0.29) is 12.6 Å². The highest BCUT2D eigenvalue weighted by Gasteiger charge is 2.03. The number of hydrogen-bond donors (Lipinski definition) is 0. The lowest BCUT2D eigenvalue weighted by molar-refractivity contribution is 0.0600. The number of alkyl halides is 1. The minimum atomic E-state index is -0.328. The van der Waals surface area contributed by atoms with Crippen LogP contribution in [0.1, 0.15) is 28.8 Å². The van der Waals surface area contributed by atoms with Crippen molar-refractivity contribution in [1.82, 2.24) is 0 Å². The molecular formula is C12H15FO2. The maximum Gasteiger partial charge on any atom is 0.337 e. The van der Waals surface area contributed by atoms with Crippen LogP contribution in [0.3, 0.4) is 0 Å². The predicted octanol–water partition coefficient (Wildman–Crippen LogP) is 2.77. The van der Waals surface area contributed by atoms with Crippen molar-refractivity contribution in [1.29, 1.82) is 0 Å². The van der Waals surface area contributed by atoms with Crippen molar-refractivity contribution in [3.05, 3.63) is 35.4 Å². The first kappa shape index (κ1) is 11.7. The summed E-state index contributed by atoms with van der Waals surface area (Å²) in [7, 11) is 1.36. The van der Waals surface area contributed by atoms with E-state index >= 15 is 0 Å². The van der Waals surface area contributed by atoms with E-state index in [0.29, 0.717) is 12.0 Å². The largest absolute Gasteiger partial charge is 0.465 e. The van der Waals surface area contributed by atoms with Gasteiger partial charge in [-0.1, -0.05) is 12.1 Å². The summed E-state index contributed by atoms with van der Waals surface area (Å²) in [5.74, 6) is -0.328. The van der Waals surface area contributed by atoms with Crippen LogP contribution < -0.4 is 0 Å². The van der Waals surface area contributed by atoms with Gasteiger partial charge >= 0.3 is 5.97 Å². The molecule has 2 nitrogen and oxygen atoms in total. The molecular weight excluding hydrogens is 195 g/mol. The van der Waals surface area contributed by atoms with Gasteiger partial charge in [-0.2, -0.15) is 0 Å². The average Bonchev–Trinajstić information content (AvgIpc) is 2.29. The Morgan fingerprint density at radius 1 is 1.27 bits per heavy atom. The molecule has 0 radical (unpaired) electrons. The lowest BCUT2D eigenvalue weighted by Crippen LogP contribution is -2.00. The van der Waals surface area contributed by atoms with Crippen molar-refractivity contribution in [2.45, 2.75) is 19.3 Å². The molecule has 0 unspecified atom stereocenters. The number of halogens is 1. The highest BCUT2D eigenvalue weighted by molar-refractivity contribution is 5.89. The van der Waals surface area contributed by atoms with Crippen LogP contribution in [0, 0.1) is 0 Å². The van der Waals surface area contributed by atoms with Gasteiger partial charge in [-0.15, -0.1) is 0 Å². The third-order valence-electron chi connectivity index (χ3n) is 2.22. The molecule has 3 heteroatoms. The molecule has 0 saturated carbocycles. The average molecular weight is 210 g/mol. The number of benzene rings is 1. The van der Waals surface area contributed by atoms with E-state index in [2.05, 4.69) is 4.74 Å². The number of methoxy groups -OCH3 is 1. The van der Waals surface area contributed by atoms with Crippen LogP contribution in [-0.4, -0.2) is 19.8 Å². The lowest BCUT2D eigenvalue weighted by Gasteiger charge is -2.02. The van der Waals surface area contributed by atoms with Crippen LogP contribution >= 0.6 is 0 Å². The number of unbranched alkanes of at least 4 members (excludes halogenated alkanes) is 1. The van der Waals surface area contributed by atoms with E-state index in [9.17, 15) is 9.18 Å². The first-order valence-electron chi connectivity index (χ1n) is 5.01. The van der Waals surface area contributed by atoms with Crippen molar-refractivity contribution in [3.63, 3.8) is 0 Å². The molecule has 0 aliphatic carbocycles. The van der Waals surface area contributed by atoms with Crippen molar-refractivity contribution >= 4 is 5.97 Å². The maximum atomic E-state index is 11.9. The smallest absolute Gasteiger partial charge is 0.337 e. The van der Waals surface area contributed by atoms with E-state index in [1.165, 1.54) is 7.11 Å². The summed E-state index contributed by atoms with van der Waals surface area (Å²) in [6, 6.07) is 7.22. The summed E-state index contributed by atoms with van der Waals surface area (Å²) in [6.45, 7) is -0.264. The van der Waals surface area contributed by atoms with Gasteiger partial charge in [0.25, 0.3) is 0 Å². The quantitative estimate of drug-likeness (QED) is 0.551. The van der Waals surface area contributed by atoms with Crippen LogP contribution in [0.25, 0.3) is 0 Å². The van der Waals surface area contributed by atoms with Crippen LogP contribution in [0.5, 0.6) is 0 Å². The zero-order valence-electron chi connectivity index (χ0n) is 8.83. The monoisotopic (exact) mass is 210 g/mol. The fraction of sp³-hybridized carbons (Fsp3) is 0.417. The van der Waals surface area contributed by atoms with Gasteiger partial charge in [-0.25, -0.2) is 4.79 Å². The number of carbonyl (C=O) groups excluding carboxylic acids is 1. The van der Waals surface area contributed by atoms with Crippen LogP contribution in [0.15, 0.2) is 24.3 Å². The van der Waals surface area contributed by atoms with Gasteiger partial charge in [0.1, 0.15) is 0 Å². The molecule has 82 valence electrons. The number of hydrogen-bond acceptors (Lipinski definition) is 2. The Bertz CT molecular complexity index is 306. The fourth-order valence-electron chi connectivity index (χ4n) is 1.35. The first-order valence-corrected chi connectivity index (χ1v) is 5.01. The molecule has 1 aromatic carbocycles. The van der Waals surface area contributed by atoms with Crippen molar-refractivity contribution in [2.75, 3.05) is 13.8 Å². The Hall–Kier alpha value is -1.38. The standard InChI is InChI=1S/C12H15FO2/c1-15-12(14)11-7-5-10(6-8-11)4-2-3-9-13/h5-8H,2-4,9H2,1H3. The third-order valence-corrected chi connectivity index (χ3v) is 2.22. The molecule has 0 aliphatic heterocycles. The highest BCUT2D eigenvalue weighted by Crippen LogP contribution is 2.08. The summed E-state index contributed by atoms with van der Waals surface area (Å²) in [6.07, 6.45) is 2.29. The number of rotatable bonds is 5. The Balaban J connectivity index is 2.52. The SMILES string of the molecule is COC(=O)c1ccc(CCCCF)cc1. The predicted molar refractivity (Wildman–Crippen MR) is 56.7 cm³/mol. The van der Waals surface area contributed by atoms with Crippen LogP contribution in [0.4, 0.5) is 4.39 Å². The van der Waals surface area contributed by atoms with Crippen LogP contribution in [0.2, 0.25) is 0 Å². The second-order valence-electron chi connectivity index (χ2n) is 3.33. The van der Waals surface area contributed by atoms with E-state index in [1.807, 2.05) is 12.1 Å². The van der Waals surface area contributed by atoms with E-state index < -0.39 is 0 Å². The van der Waals surface area contributed by atoms with Crippen LogP contribution in [-0.2, 0) is 11.2 Å². The van der Waals surface area contributed by atoms with Gasteiger partial charge in [0.2, 0.25) is 0 Å². The molecule has 1 rings (SSSR count). The molecule has 15 heavy (non-hydrogen) atoms. The Morgan fingerprint density at radius 2 is 1.93 bits per heavy atom. The first-order chi connectivity index (χ1) is 7.27. The topological polar surface area (TPSA) is 26.3 Å². The summed E-state index contributed by atoms with van der Waals surface area (Å²) in [5, 5.41) is 0. The summed E-state index contributed by atoms with van der Waals surface area (Å²) < 4.78 is 16.4. The molecule has 0 aliphatic rings. The summed E-state index contributed by atoms with van der Waals surface area (Å²) >= 11 is 0. The number of aryl methyl sites for hydroxylation is 1. The van der Waals surface area contributed by atoms with Crippen molar-refractivity contribution in [3.8, 4) is 0 Å². The minimum Gasteiger partial charge on any atom is -0.465 e. The zero-order valence-corrected chi connectivity index (χ0v) is 8.83. The summed E-state index contributed by atoms with van der Waals surface area (Å²) in [4.78, 5) is 11.1. The maximum absolute atomic E-state index is 11.9. The Labute approximate surface area is 89.1 Å². The van der Waals surface area contributed by atoms with Gasteiger partial charge in [0.05, 0.1) is 19.3 Å².